The molecule has 0 unspecified atom stereocenters. The lowest BCUT2D eigenvalue weighted by molar-refractivity contribution is -0.122. The molecule has 0 heterocycles. The zero-order chi connectivity index (χ0) is 19.6. The Morgan fingerprint density at radius 1 is 1.04 bits per heavy atom. The van der Waals surface area contributed by atoms with Gasteiger partial charge in [-0.25, -0.2) is 0 Å². The largest absolute Gasteiger partial charge is 0.497 e. The lowest BCUT2D eigenvalue weighted by Crippen LogP contribution is -2.28. The number of amides is 1. The smallest absolute Gasteiger partial charge is 0.220 e. The van der Waals surface area contributed by atoms with Gasteiger partial charge >= 0.3 is 0 Å². The second-order valence-electron chi connectivity index (χ2n) is 6.38. The van der Waals surface area contributed by atoms with Gasteiger partial charge in [-0.15, -0.1) is 0 Å². The molecule has 0 spiro atoms. The van der Waals surface area contributed by atoms with Crippen molar-refractivity contribution in [3.63, 3.8) is 0 Å². The van der Waals surface area contributed by atoms with Gasteiger partial charge in [-0.05, 0) is 61.2 Å². The maximum atomic E-state index is 12.3. The van der Waals surface area contributed by atoms with Crippen molar-refractivity contribution in [2.24, 2.45) is 0 Å². The number of hydrogen-bond donors (Lipinski definition) is 1. The third kappa shape index (κ3) is 6.20. The van der Waals surface area contributed by atoms with E-state index in [0.717, 1.165) is 34.8 Å². The monoisotopic (exact) mass is 371 g/mol. The molecule has 0 saturated carbocycles. The fraction of sp³-hybridized carbons (Fsp3) is 0.409. The van der Waals surface area contributed by atoms with E-state index in [1.54, 1.807) is 14.2 Å². The van der Waals surface area contributed by atoms with E-state index in [9.17, 15) is 4.79 Å². The van der Waals surface area contributed by atoms with Crippen molar-refractivity contribution >= 4 is 5.91 Å². The van der Waals surface area contributed by atoms with Crippen LogP contribution in [0.15, 0.2) is 42.5 Å². The van der Waals surface area contributed by atoms with Crippen LogP contribution >= 0.6 is 0 Å². The lowest BCUT2D eigenvalue weighted by atomic mass is 10.0. The molecule has 1 amide bonds. The molecule has 2 rings (SSSR count). The van der Waals surface area contributed by atoms with Crippen LogP contribution in [0.5, 0.6) is 17.2 Å². The number of aryl methyl sites for hydroxylation is 1. The molecule has 146 valence electrons. The zero-order valence-electron chi connectivity index (χ0n) is 16.6. The first kappa shape index (κ1) is 20.6. The average molecular weight is 371 g/mol. The molecule has 0 aliphatic carbocycles. The summed E-state index contributed by atoms with van der Waals surface area (Å²) in [5, 5.41) is 3.11. The SMILES string of the molecule is CC[C@@H](NC(=O)CCCOc1ccc(OC)cc1)c1ccc(OC)c(C)c1. The highest BCUT2D eigenvalue weighted by atomic mass is 16.5. The summed E-state index contributed by atoms with van der Waals surface area (Å²) >= 11 is 0. The van der Waals surface area contributed by atoms with Gasteiger partial charge in [0.25, 0.3) is 0 Å². The summed E-state index contributed by atoms with van der Waals surface area (Å²) in [6.45, 7) is 4.57. The predicted molar refractivity (Wildman–Crippen MR) is 107 cm³/mol. The van der Waals surface area contributed by atoms with E-state index in [4.69, 9.17) is 14.2 Å². The summed E-state index contributed by atoms with van der Waals surface area (Å²) in [4.78, 5) is 12.3. The quantitative estimate of drug-likeness (QED) is 0.628. The molecule has 5 nitrogen and oxygen atoms in total. The maximum Gasteiger partial charge on any atom is 0.220 e. The van der Waals surface area contributed by atoms with Crippen molar-refractivity contribution in [3.8, 4) is 17.2 Å². The lowest BCUT2D eigenvalue weighted by Gasteiger charge is -2.19. The van der Waals surface area contributed by atoms with E-state index < -0.39 is 0 Å². The van der Waals surface area contributed by atoms with Gasteiger partial charge in [0, 0.05) is 6.42 Å². The van der Waals surface area contributed by atoms with Crippen molar-refractivity contribution < 1.29 is 19.0 Å². The van der Waals surface area contributed by atoms with E-state index in [-0.39, 0.29) is 11.9 Å². The van der Waals surface area contributed by atoms with Gasteiger partial charge in [-0.1, -0.05) is 19.1 Å². The Balaban J connectivity index is 1.78. The van der Waals surface area contributed by atoms with Gasteiger partial charge in [0.15, 0.2) is 0 Å². The molecule has 1 N–H and O–H groups in total. The number of carbonyl (C=O) groups excluding carboxylic acids is 1. The zero-order valence-corrected chi connectivity index (χ0v) is 16.6. The Hall–Kier alpha value is -2.69. The molecule has 0 aromatic heterocycles. The number of nitrogens with one attached hydrogen (secondary N) is 1. The number of ether oxygens (including phenoxy) is 3. The van der Waals surface area contributed by atoms with E-state index in [1.165, 1.54) is 0 Å². The highest BCUT2D eigenvalue weighted by Crippen LogP contribution is 2.24. The van der Waals surface area contributed by atoms with Gasteiger partial charge in [-0.2, -0.15) is 0 Å². The normalized spacial score (nSPS) is 11.6. The Kier molecular flexibility index (Phi) is 7.99. The molecular formula is C22H29NO4. The molecule has 1 atom stereocenters. The van der Waals surface area contributed by atoms with E-state index in [0.29, 0.717) is 19.4 Å². The van der Waals surface area contributed by atoms with Gasteiger partial charge in [0.1, 0.15) is 17.2 Å². The molecule has 5 heteroatoms. The van der Waals surface area contributed by atoms with Crippen LogP contribution in [0.4, 0.5) is 0 Å². The second kappa shape index (κ2) is 10.5. The summed E-state index contributed by atoms with van der Waals surface area (Å²) < 4.78 is 16.1. The van der Waals surface area contributed by atoms with Crippen molar-refractivity contribution in [2.75, 3.05) is 20.8 Å². The number of hydrogen-bond acceptors (Lipinski definition) is 4. The Bertz CT molecular complexity index is 728. The van der Waals surface area contributed by atoms with E-state index in [2.05, 4.69) is 18.3 Å². The summed E-state index contributed by atoms with van der Waals surface area (Å²) in [6.07, 6.45) is 1.93. The van der Waals surface area contributed by atoms with Crippen molar-refractivity contribution in [2.45, 2.75) is 39.2 Å². The van der Waals surface area contributed by atoms with Crippen LogP contribution in [0.1, 0.15) is 43.4 Å². The molecule has 27 heavy (non-hydrogen) atoms. The van der Waals surface area contributed by atoms with Crippen LogP contribution in [0.25, 0.3) is 0 Å². The molecule has 0 fully saturated rings. The van der Waals surface area contributed by atoms with Gasteiger partial charge in [-0.3, -0.25) is 4.79 Å². The van der Waals surface area contributed by atoms with Crippen molar-refractivity contribution in [1.82, 2.24) is 5.32 Å². The molecule has 0 aliphatic heterocycles. The van der Waals surface area contributed by atoms with Gasteiger partial charge in [0.2, 0.25) is 5.91 Å². The minimum Gasteiger partial charge on any atom is -0.497 e. The predicted octanol–water partition coefficient (Wildman–Crippen LogP) is 4.44. The van der Waals surface area contributed by atoms with Crippen LogP contribution < -0.4 is 19.5 Å². The number of methoxy groups -OCH3 is 2. The van der Waals surface area contributed by atoms with Gasteiger partial charge in [0.05, 0.1) is 26.9 Å². The molecule has 0 radical (unpaired) electrons. The number of rotatable bonds is 10. The molecule has 0 aliphatic rings. The number of carbonyl (C=O) groups is 1. The molecular weight excluding hydrogens is 342 g/mol. The fourth-order valence-corrected chi connectivity index (χ4v) is 2.90. The second-order valence-corrected chi connectivity index (χ2v) is 6.38. The molecule has 0 saturated heterocycles. The maximum absolute atomic E-state index is 12.3. The summed E-state index contributed by atoms with van der Waals surface area (Å²) in [5.74, 6) is 2.46. The first-order valence-electron chi connectivity index (χ1n) is 9.28. The molecule has 0 bridgehead atoms. The van der Waals surface area contributed by atoms with Crippen LogP contribution in [0.3, 0.4) is 0 Å². The highest BCUT2D eigenvalue weighted by Gasteiger charge is 2.14. The van der Waals surface area contributed by atoms with Crippen LogP contribution in [-0.2, 0) is 4.79 Å². The van der Waals surface area contributed by atoms with Crippen molar-refractivity contribution in [1.29, 1.82) is 0 Å². The van der Waals surface area contributed by atoms with Crippen molar-refractivity contribution in [3.05, 3.63) is 53.6 Å². The Morgan fingerprint density at radius 2 is 1.74 bits per heavy atom. The Labute approximate surface area is 161 Å². The van der Waals surface area contributed by atoms with Crippen LogP contribution in [0, 0.1) is 6.92 Å². The number of benzene rings is 2. The van der Waals surface area contributed by atoms with Crippen LogP contribution in [0.2, 0.25) is 0 Å². The summed E-state index contributed by atoms with van der Waals surface area (Å²) in [6, 6.07) is 13.4. The molecule has 2 aromatic rings. The minimum atomic E-state index is 0.00427. The van der Waals surface area contributed by atoms with Crippen LogP contribution in [-0.4, -0.2) is 26.7 Å². The fourth-order valence-electron chi connectivity index (χ4n) is 2.90. The summed E-state index contributed by atoms with van der Waals surface area (Å²) in [5.41, 5.74) is 2.16. The standard InChI is InChI=1S/C22H29NO4/c1-5-20(17-8-13-21(26-4)16(2)15-17)23-22(24)7-6-14-27-19-11-9-18(25-3)10-12-19/h8-13,15,20H,5-7,14H2,1-4H3,(H,23,24)/t20-/m1/s1. The first-order valence-corrected chi connectivity index (χ1v) is 9.28. The molecule has 2 aromatic carbocycles. The minimum absolute atomic E-state index is 0.00427. The third-order valence-electron chi connectivity index (χ3n) is 4.44. The average Bonchev–Trinajstić information content (AvgIpc) is 2.69. The third-order valence-corrected chi connectivity index (χ3v) is 4.44. The van der Waals surface area contributed by atoms with Gasteiger partial charge < -0.3 is 19.5 Å². The van der Waals surface area contributed by atoms with E-state index in [1.807, 2.05) is 43.3 Å². The topological polar surface area (TPSA) is 56.8 Å². The highest BCUT2D eigenvalue weighted by molar-refractivity contribution is 5.76. The summed E-state index contributed by atoms with van der Waals surface area (Å²) in [7, 11) is 3.29. The first-order chi connectivity index (χ1) is 13.1. The van der Waals surface area contributed by atoms with E-state index >= 15 is 0 Å². The Morgan fingerprint density at radius 3 is 2.33 bits per heavy atom.